The highest BCUT2D eigenvalue weighted by Crippen LogP contribution is 2.28. The van der Waals surface area contributed by atoms with Crippen LogP contribution in [0.5, 0.6) is 11.5 Å². The van der Waals surface area contributed by atoms with Crippen LogP contribution in [0.3, 0.4) is 0 Å². The first kappa shape index (κ1) is 20.0. The molecule has 2 aromatic carbocycles. The van der Waals surface area contributed by atoms with Crippen molar-refractivity contribution in [2.75, 3.05) is 13.2 Å². The van der Waals surface area contributed by atoms with Crippen molar-refractivity contribution in [1.29, 1.82) is 0 Å². The van der Waals surface area contributed by atoms with Gasteiger partial charge in [-0.25, -0.2) is 0 Å². The fourth-order valence-electron chi connectivity index (χ4n) is 2.00. The molecule has 0 aliphatic rings. The summed E-state index contributed by atoms with van der Waals surface area (Å²) in [7, 11) is -2.57. The standard InChI is InChI=1S/C20H23O5P/c1-3-13-22-19-9-5-17(6-10-19)15-24-26(21)25-16-18-7-11-20(12-8-18)23-14-4-2/h3-12,26H,1-2,13-16H2. The van der Waals surface area contributed by atoms with E-state index in [1.54, 1.807) is 12.2 Å². The first-order chi connectivity index (χ1) is 12.7. The van der Waals surface area contributed by atoms with Crippen LogP contribution in [0, 0.1) is 0 Å². The van der Waals surface area contributed by atoms with Crippen molar-refractivity contribution in [3.8, 4) is 11.5 Å². The Bertz CT molecular complexity index is 648. The van der Waals surface area contributed by atoms with Crippen molar-refractivity contribution in [2.24, 2.45) is 0 Å². The predicted octanol–water partition coefficient (Wildman–Crippen LogP) is 4.94. The van der Waals surface area contributed by atoms with E-state index in [9.17, 15) is 4.57 Å². The van der Waals surface area contributed by atoms with Gasteiger partial charge in [-0.2, -0.15) is 0 Å². The average Bonchev–Trinajstić information content (AvgIpc) is 2.69. The zero-order chi connectivity index (χ0) is 18.6. The van der Waals surface area contributed by atoms with Crippen molar-refractivity contribution in [3.05, 3.63) is 85.0 Å². The van der Waals surface area contributed by atoms with Crippen LogP contribution in [-0.2, 0) is 26.8 Å². The maximum Gasteiger partial charge on any atom is 0.319 e. The van der Waals surface area contributed by atoms with Crippen LogP contribution in [0.4, 0.5) is 0 Å². The van der Waals surface area contributed by atoms with Gasteiger partial charge in [0, 0.05) is 0 Å². The van der Waals surface area contributed by atoms with Crippen molar-refractivity contribution < 1.29 is 23.1 Å². The second-order valence-corrected chi connectivity index (χ2v) is 6.39. The lowest BCUT2D eigenvalue weighted by Gasteiger charge is -2.08. The van der Waals surface area contributed by atoms with Gasteiger partial charge < -0.3 is 18.5 Å². The highest BCUT2D eigenvalue weighted by molar-refractivity contribution is 7.33. The van der Waals surface area contributed by atoms with E-state index in [-0.39, 0.29) is 13.2 Å². The minimum Gasteiger partial charge on any atom is -0.490 e. The summed E-state index contributed by atoms with van der Waals surface area (Å²) in [5.74, 6) is 1.50. The van der Waals surface area contributed by atoms with E-state index in [1.807, 2.05) is 48.5 Å². The van der Waals surface area contributed by atoms with Gasteiger partial charge in [-0.3, -0.25) is 4.57 Å². The first-order valence-corrected chi connectivity index (χ1v) is 9.38. The van der Waals surface area contributed by atoms with Gasteiger partial charge in [0.1, 0.15) is 24.7 Å². The van der Waals surface area contributed by atoms with Crippen LogP contribution in [0.2, 0.25) is 0 Å². The Morgan fingerprint density at radius 2 is 1.12 bits per heavy atom. The highest BCUT2D eigenvalue weighted by atomic mass is 31.1. The number of hydrogen-bond donors (Lipinski definition) is 0. The second-order valence-electron chi connectivity index (χ2n) is 5.31. The quantitative estimate of drug-likeness (QED) is 0.389. The predicted molar refractivity (Wildman–Crippen MR) is 103 cm³/mol. The Hall–Kier alpha value is -2.33. The SMILES string of the molecule is C=CCOc1ccc(CO[PH](=O)OCc2ccc(OCC=C)cc2)cc1. The first-order valence-electron chi connectivity index (χ1n) is 8.16. The Kier molecular flexibility index (Phi) is 8.70. The van der Waals surface area contributed by atoms with Gasteiger partial charge in [0.15, 0.2) is 0 Å². The van der Waals surface area contributed by atoms with Crippen LogP contribution < -0.4 is 9.47 Å². The lowest BCUT2D eigenvalue weighted by molar-refractivity contribution is 0.213. The van der Waals surface area contributed by atoms with E-state index in [1.165, 1.54) is 0 Å². The molecule has 0 aliphatic carbocycles. The molecule has 0 heterocycles. The molecule has 0 aromatic heterocycles. The van der Waals surface area contributed by atoms with E-state index in [0.717, 1.165) is 22.6 Å². The fourth-order valence-corrected chi connectivity index (χ4v) is 2.65. The Labute approximate surface area is 154 Å². The maximum absolute atomic E-state index is 11.9. The van der Waals surface area contributed by atoms with Crippen LogP contribution >= 0.6 is 8.25 Å². The molecule has 0 saturated carbocycles. The Balaban J connectivity index is 1.71. The Morgan fingerprint density at radius 3 is 1.46 bits per heavy atom. The molecular formula is C20H23O5P. The molecule has 0 saturated heterocycles. The van der Waals surface area contributed by atoms with E-state index < -0.39 is 8.25 Å². The molecule has 0 amide bonds. The van der Waals surface area contributed by atoms with Crippen molar-refractivity contribution in [3.63, 3.8) is 0 Å². The second kappa shape index (κ2) is 11.3. The van der Waals surface area contributed by atoms with Crippen molar-refractivity contribution in [1.82, 2.24) is 0 Å². The van der Waals surface area contributed by atoms with E-state index in [2.05, 4.69) is 13.2 Å². The third-order valence-electron chi connectivity index (χ3n) is 3.30. The molecule has 2 aromatic rings. The van der Waals surface area contributed by atoms with Gasteiger partial charge in [-0.1, -0.05) is 49.6 Å². The van der Waals surface area contributed by atoms with E-state index in [0.29, 0.717) is 13.2 Å². The number of benzene rings is 2. The molecule has 26 heavy (non-hydrogen) atoms. The van der Waals surface area contributed by atoms with Gasteiger partial charge in [0.2, 0.25) is 0 Å². The summed E-state index contributed by atoms with van der Waals surface area (Å²) < 4.78 is 33.2. The number of ether oxygens (including phenoxy) is 2. The monoisotopic (exact) mass is 374 g/mol. The van der Waals surface area contributed by atoms with Crippen LogP contribution in [0.1, 0.15) is 11.1 Å². The van der Waals surface area contributed by atoms with Gasteiger partial charge >= 0.3 is 8.25 Å². The largest absolute Gasteiger partial charge is 0.490 e. The topological polar surface area (TPSA) is 54.0 Å². The lowest BCUT2D eigenvalue weighted by atomic mass is 10.2. The molecule has 0 unspecified atom stereocenters. The summed E-state index contributed by atoms with van der Waals surface area (Å²) >= 11 is 0. The molecular weight excluding hydrogens is 351 g/mol. The fraction of sp³-hybridized carbons (Fsp3) is 0.200. The van der Waals surface area contributed by atoms with Gasteiger partial charge in [-0.05, 0) is 35.4 Å². The molecule has 0 spiro atoms. The minimum atomic E-state index is -2.57. The van der Waals surface area contributed by atoms with E-state index >= 15 is 0 Å². The molecule has 0 radical (unpaired) electrons. The summed E-state index contributed by atoms with van der Waals surface area (Å²) in [6.07, 6.45) is 3.37. The third kappa shape index (κ3) is 7.28. The molecule has 2 rings (SSSR count). The van der Waals surface area contributed by atoms with Crippen LogP contribution in [0.15, 0.2) is 73.8 Å². The zero-order valence-corrected chi connectivity index (χ0v) is 15.6. The summed E-state index contributed by atoms with van der Waals surface area (Å²) in [4.78, 5) is 0. The summed E-state index contributed by atoms with van der Waals surface area (Å²) in [6, 6.07) is 14.7. The smallest absolute Gasteiger partial charge is 0.319 e. The molecule has 0 bridgehead atoms. The van der Waals surface area contributed by atoms with Crippen LogP contribution in [0.25, 0.3) is 0 Å². The lowest BCUT2D eigenvalue weighted by Crippen LogP contribution is -1.94. The minimum absolute atomic E-state index is 0.216. The maximum atomic E-state index is 11.9. The van der Waals surface area contributed by atoms with Gasteiger partial charge in [-0.15, -0.1) is 0 Å². The summed E-state index contributed by atoms with van der Waals surface area (Å²) in [6.45, 7) is 8.54. The molecule has 138 valence electrons. The summed E-state index contributed by atoms with van der Waals surface area (Å²) in [5.41, 5.74) is 1.78. The zero-order valence-electron chi connectivity index (χ0n) is 14.6. The number of hydrogen-bond acceptors (Lipinski definition) is 5. The Morgan fingerprint density at radius 1 is 0.731 bits per heavy atom. The van der Waals surface area contributed by atoms with E-state index in [4.69, 9.17) is 18.5 Å². The average molecular weight is 374 g/mol. The molecule has 6 heteroatoms. The molecule has 0 atom stereocenters. The van der Waals surface area contributed by atoms with Crippen molar-refractivity contribution >= 4 is 8.25 Å². The van der Waals surface area contributed by atoms with Gasteiger partial charge in [0.05, 0.1) is 13.2 Å². The molecule has 0 aliphatic heterocycles. The van der Waals surface area contributed by atoms with Crippen molar-refractivity contribution in [2.45, 2.75) is 13.2 Å². The highest BCUT2D eigenvalue weighted by Gasteiger charge is 2.03. The molecule has 0 N–H and O–H groups in total. The normalized spacial score (nSPS) is 10.5. The molecule has 5 nitrogen and oxygen atoms in total. The molecule has 0 fully saturated rings. The van der Waals surface area contributed by atoms with Gasteiger partial charge in [0.25, 0.3) is 0 Å². The number of rotatable bonds is 12. The third-order valence-corrected chi connectivity index (χ3v) is 4.06. The van der Waals surface area contributed by atoms with Crippen LogP contribution in [-0.4, -0.2) is 13.2 Å². The summed E-state index contributed by atoms with van der Waals surface area (Å²) in [5, 5.41) is 0.